The highest BCUT2D eigenvalue weighted by Crippen LogP contribution is 2.36. The Hall–Kier alpha value is -2.71. The fourth-order valence-corrected chi connectivity index (χ4v) is 4.12. The Morgan fingerprint density at radius 2 is 1.60 bits per heavy atom. The molecule has 0 spiro atoms. The molecule has 4 rings (SSSR count). The predicted molar refractivity (Wildman–Crippen MR) is 110 cm³/mol. The second-order valence-corrected chi connectivity index (χ2v) is 8.80. The van der Waals surface area contributed by atoms with Crippen LogP contribution in [0.1, 0.15) is 26.8 Å². The molecule has 0 radical (unpaired) electrons. The van der Waals surface area contributed by atoms with Crippen molar-refractivity contribution in [2.45, 2.75) is 44.6 Å². The number of aliphatic hydroxyl groups is 1. The molecule has 0 saturated carbocycles. The van der Waals surface area contributed by atoms with E-state index >= 15 is 0 Å². The summed E-state index contributed by atoms with van der Waals surface area (Å²) < 4.78 is 35.2. The minimum atomic E-state index is -0.961. The van der Waals surface area contributed by atoms with Crippen LogP contribution < -0.4 is 5.73 Å². The molecule has 3 N–H and O–H groups in total. The van der Waals surface area contributed by atoms with Crippen LogP contribution in [0.5, 0.6) is 0 Å². The van der Waals surface area contributed by atoms with Crippen molar-refractivity contribution in [2.24, 2.45) is 5.73 Å². The van der Waals surface area contributed by atoms with Crippen molar-refractivity contribution < 1.29 is 23.4 Å². The minimum Gasteiger partial charge on any atom is -0.444 e. The van der Waals surface area contributed by atoms with E-state index in [9.17, 15) is 18.7 Å². The Balaban J connectivity index is 1.84. The van der Waals surface area contributed by atoms with E-state index in [-0.39, 0.29) is 13.1 Å². The Morgan fingerprint density at radius 3 is 2.10 bits per heavy atom. The van der Waals surface area contributed by atoms with Crippen molar-refractivity contribution in [3.05, 3.63) is 48.0 Å². The molecule has 1 saturated heterocycles. The molecule has 0 unspecified atom stereocenters. The molecule has 0 bridgehead atoms. The second kappa shape index (κ2) is 7.21. The van der Waals surface area contributed by atoms with Gasteiger partial charge in [0.1, 0.15) is 17.2 Å². The molecule has 160 valence electrons. The number of amides is 1. The summed E-state index contributed by atoms with van der Waals surface area (Å²) in [6.07, 6.45) is -1.48. The summed E-state index contributed by atoms with van der Waals surface area (Å²) in [6, 6.07) is 7.18. The van der Waals surface area contributed by atoms with E-state index in [2.05, 4.69) is 0 Å². The van der Waals surface area contributed by atoms with E-state index in [1.807, 2.05) is 4.57 Å². The van der Waals surface area contributed by atoms with E-state index in [0.717, 1.165) is 0 Å². The number of aromatic nitrogens is 1. The number of nitrogens with zero attached hydrogens (tertiary/aromatic N) is 2. The predicted octanol–water partition coefficient (Wildman–Crippen LogP) is 3.55. The molecule has 2 aromatic carbocycles. The average molecular weight is 417 g/mol. The van der Waals surface area contributed by atoms with E-state index < -0.39 is 41.5 Å². The number of carbonyl (C=O) groups excluding carboxylic acids is 1. The molecular weight excluding hydrogens is 392 g/mol. The monoisotopic (exact) mass is 417 g/mol. The molecular formula is C22H25F2N3O3. The van der Waals surface area contributed by atoms with Crippen LogP contribution in [-0.4, -0.2) is 51.5 Å². The lowest BCUT2D eigenvalue weighted by Crippen LogP contribution is -2.58. The number of hydrogen-bond donors (Lipinski definition) is 2. The Labute approximate surface area is 172 Å². The lowest BCUT2D eigenvalue weighted by Gasteiger charge is -2.41. The van der Waals surface area contributed by atoms with Gasteiger partial charge in [0.15, 0.2) is 0 Å². The maximum Gasteiger partial charge on any atom is 0.410 e. The summed E-state index contributed by atoms with van der Waals surface area (Å²) in [5.41, 5.74) is 6.75. The summed E-state index contributed by atoms with van der Waals surface area (Å²) in [4.78, 5) is 14.1. The van der Waals surface area contributed by atoms with Gasteiger partial charge in [0.2, 0.25) is 0 Å². The maximum atomic E-state index is 13.9. The molecule has 0 aliphatic carbocycles. The molecule has 2 heterocycles. The van der Waals surface area contributed by atoms with Crippen LogP contribution >= 0.6 is 0 Å². The van der Waals surface area contributed by atoms with Gasteiger partial charge in [-0.3, -0.25) is 0 Å². The lowest BCUT2D eigenvalue weighted by molar-refractivity contribution is -0.0120. The van der Waals surface area contributed by atoms with Crippen molar-refractivity contribution in [3.63, 3.8) is 0 Å². The number of halogens is 2. The van der Waals surface area contributed by atoms with Gasteiger partial charge in [-0.1, -0.05) is 0 Å². The first-order chi connectivity index (χ1) is 14.0. The number of ether oxygens (including phenoxy) is 1. The molecule has 1 amide bonds. The van der Waals surface area contributed by atoms with Crippen LogP contribution in [-0.2, 0) is 4.74 Å². The molecule has 1 aromatic heterocycles. The normalized spacial score (nSPS) is 22.6. The van der Waals surface area contributed by atoms with E-state index in [1.54, 1.807) is 32.9 Å². The van der Waals surface area contributed by atoms with Gasteiger partial charge in [-0.15, -0.1) is 0 Å². The van der Waals surface area contributed by atoms with Gasteiger partial charge >= 0.3 is 6.09 Å². The van der Waals surface area contributed by atoms with Crippen molar-refractivity contribution in [3.8, 4) is 0 Å². The molecule has 6 nitrogen and oxygen atoms in total. The summed E-state index contributed by atoms with van der Waals surface area (Å²) >= 11 is 0. The largest absolute Gasteiger partial charge is 0.444 e. The van der Waals surface area contributed by atoms with Crippen molar-refractivity contribution in [1.82, 2.24) is 9.47 Å². The van der Waals surface area contributed by atoms with Crippen LogP contribution in [0.4, 0.5) is 13.6 Å². The van der Waals surface area contributed by atoms with Gasteiger partial charge in [-0.2, -0.15) is 0 Å². The Morgan fingerprint density at radius 1 is 1.07 bits per heavy atom. The number of nitrogens with two attached hydrogens (primary N) is 1. The summed E-state index contributed by atoms with van der Waals surface area (Å²) in [7, 11) is 0. The van der Waals surface area contributed by atoms with E-state index in [1.165, 1.54) is 29.2 Å². The average Bonchev–Trinajstić information content (AvgIpc) is 2.95. The number of aliphatic hydroxyl groups excluding tert-OH is 1. The highest BCUT2D eigenvalue weighted by Gasteiger charge is 2.39. The minimum absolute atomic E-state index is 0.146. The number of piperidine rings is 1. The van der Waals surface area contributed by atoms with Crippen molar-refractivity contribution in [1.29, 1.82) is 0 Å². The van der Waals surface area contributed by atoms with E-state index in [0.29, 0.717) is 21.8 Å². The number of benzene rings is 2. The van der Waals surface area contributed by atoms with Crippen molar-refractivity contribution in [2.75, 3.05) is 13.1 Å². The van der Waals surface area contributed by atoms with Gasteiger partial charge in [0.05, 0.1) is 18.2 Å². The number of hydrogen-bond acceptors (Lipinski definition) is 4. The summed E-state index contributed by atoms with van der Waals surface area (Å²) in [5, 5.41) is 12.0. The van der Waals surface area contributed by atoms with Gasteiger partial charge in [-0.25, -0.2) is 13.6 Å². The number of fused-ring (bicyclic) bond motifs is 3. The summed E-state index contributed by atoms with van der Waals surface area (Å²) in [5.74, 6) is -0.885. The van der Waals surface area contributed by atoms with Crippen molar-refractivity contribution >= 4 is 27.9 Å². The molecule has 8 heteroatoms. The van der Waals surface area contributed by atoms with Gasteiger partial charge < -0.3 is 25.0 Å². The second-order valence-electron chi connectivity index (χ2n) is 8.80. The van der Waals surface area contributed by atoms with Crippen LogP contribution in [0.15, 0.2) is 36.4 Å². The standard InChI is InChI=1S/C22H25F2N3O3/c1-22(2,3)30-21(29)26-10-16(25)20(28)19(11-26)27-17-6-4-12(23)8-14(17)15-9-13(24)5-7-18(15)27/h4-9,16,19-20,28H,10-11,25H2,1-3H3/t16-,19-,20-/m0/s1. The fourth-order valence-electron chi connectivity index (χ4n) is 4.12. The number of likely N-dealkylation sites (tertiary alicyclic amines) is 1. The number of carbonyl (C=O) groups is 1. The number of rotatable bonds is 1. The zero-order chi connectivity index (χ0) is 21.8. The first-order valence-electron chi connectivity index (χ1n) is 9.85. The topological polar surface area (TPSA) is 80.7 Å². The molecule has 1 fully saturated rings. The molecule has 1 aliphatic rings. The Kier molecular flexibility index (Phi) is 4.94. The van der Waals surface area contributed by atoms with Gasteiger partial charge in [0, 0.05) is 34.9 Å². The van der Waals surface area contributed by atoms with E-state index in [4.69, 9.17) is 10.5 Å². The lowest BCUT2D eigenvalue weighted by atomic mass is 9.97. The van der Waals surface area contributed by atoms with Gasteiger partial charge in [0.25, 0.3) is 0 Å². The molecule has 3 aromatic rings. The highest BCUT2D eigenvalue weighted by atomic mass is 19.1. The zero-order valence-corrected chi connectivity index (χ0v) is 17.1. The highest BCUT2D eigenvalue weighted by molar-refractivity contribution is 6.08. The SMILES string of the molecule is CC(C)(C)OC(=O)N1C[C@H](N)[C@H](O)[C@@H](n2c3ccc(F)cc3c3cc(F)ccc32)C1. The maximum absolute atomic E-state index is 13.9. The van der Waals surface area contributed by atoms with Crippen LogP contribution in [0, 0.1) is 11.6 Å². The molecule has 1 aliphatic heterocycles. The summed E-state index contributed by atoms with van der Waals surface area (Å²) in [6.45, 7) is 5.62. The van der Waals surface area contributed by atoms with Gasteiger partial charge in [-0.05, 0) is 57.2 Å². The Bertz CT molecular complexity index is 1060. The smallest absolute Gasteiger partial charge is 0.410 e. The third-order valence-corrected chi connectivity index (χ3v) is 5.38. The first-order valence-corrected chi connectivity index (χ1v) is 9.85. The zero-order valence-electron chi connectivity index (χ0n) is 17.1. The quantitative estimate of drug-likeness (QED) is 0.635. The van der Waals surface area contributed by atoms with Crippen LogP contribution in [0.2, 0.25) is 0 Å². The van der Waals surface area contributed by atoms with Crippen LogP contribution in [0.25, 0.3) is 21.8 Å². The molecule has 30 heavy (non-hydrogen) atoms. The van der Waals surface area contributed by atoms with Crippen LogP contribution in [0.3, 0.4) is 0 Å². The third kappa shape index (κ3) is 3.61. The third-order valence-electron chi connectivity index (χ3n) is 5.38. The fraction of sp³-hybridized carbons (Fsp3) is 0.409. The molecule has 3 atom stereocenters. The first kappa shape index (κ1) is 20.6.